The van der Waals surface area contributed by atoms with Crippen molar-refractivity contribution in [3.05, 3.63) is 5.82 Å². The van der Waals surface area contributed by atoms with Gasteiger partial charge in [0.1, 0.15) is 11.9 Å². The summed E-state index contributed by atoms with van der Waals surface area (Å²) in [7, 11) is 0. The third-order valence-electron chi connectivity index (χ3n) is 1.52. The summed E-state index contributed by atoms with van der Waals surface area (Å²) in [5.41, 5.74) is 0. The lowest BCUT2D eigenvalue weighted by Crippen LogP contribution is -2.01. The summed E-state index contributed by atoms with van der Waals surface area (Å²) in [4.78, 5) is 14.3. The smallest absolute Gasteiger partial charge is 0.314 e. The van der Waals surface area contributed by atoms with Gasteiger partial charge in [-0.15, -0.1) is 0 Å². The zero-order valence-electron chi connectivity index (χ0n) is 8.47. The Balaban J connectivity index is 2.51. The highest BCUT2D eigenvalue weighted by Gasteiger charge is 2.14. The van der Waals surface area contributed by atoms with E-state index in [2.05, 4.69) is 10.1 Å². The number of hydrogen-bond acceptors (Lipinski definition) is 6. The summed E-state index contributed by atoms with van der Waals surface area (Å²) in [5, 5.41) is 12.4. The van der Waals surface area contributed by atoms with Gasteiger partial charge in [-0.2, -0.15) is 4.98 Å². The van der Waals surface area contributed by atoms with Crippen LogP contribution in [0.4, 0.5) is 0 Å². The molecule has 1 rings (SSSR count). The monoisotopic (exact) mass is 232 g/mol. The van der Waals surface area contributed by atoms with Gasteiger partial charge in [0, 0.05) is 6.61 Å². The molecule has 6 nitrogen and oxygen atoms in total. The van der Waals surface area contributed by atoms with E-state index in [9.17, 15) is 4.79 Å². The molecule has 1 aromatic rings. The third-order valence-corrected chi connectivity index (χ3v) is 2.33. The molecule has 0 fully saturated rings. The second-order valence-electron chi connectivity index (χ2n) is 2.70. The van der Waals surface area contributed by atoms with Gasteiger partial charge in [-0.3, -0.25) is 4.79 Å². The number of aliphatic carboxylic acids is 1. The summed E-state index contributed by atoms with van der Waals surface area (Å²) >= 11 is 0.989. The summed E-state index contributed by atoms with van der Waals surface area (Å²) in [5.74, 6) is -0.577. The van der Waals surface area contributed by atoms with Crippen molar-refractivity contribution in [2.24, 2.45) is 0 Å². The fourth-order valence-corrected chi connectivity index (χ4v) is 1.39. The number of hydrogen-bond donors (Lipinski definition) is 1. The number of carboxylic acid groups (broad SMARTS) is 1. The van der Waals surface area contributed by atoms with Crippen LogP contribution < -0.4 is 0 Å². The lowest BCUT2D eigenvalue weighted by atomic mass is 10.4. The fraction of sp³-hybridized carbons (Fsp3) is 0.625. The molecule has 0 spiro atoms. The SMILES string of the molecule is CCOC(C)c1noc(SCC(=O)O)n1. The first-order valence-corrected chi connectivity index (χ1v) is 5.41. The normalized spacial score (nSPS) is 12.7. The van der Waals surface area contributed by atoms with Gasteiger partial charge in [0.05, 0.1) is 0 Å². The maximum Gasteiger partial charge on any atom is 0.314 e. The Morgan fingerprint density at radius 3 is 3.07 bits per heavy atom. The first kappa shape index (κ1) is 12.0. The maximum atomic E-state index is 10.3. The van der Waals surface area contributed by atoms with Gasteiger partial charge in [0.2, 0.25) is 5.82 Å². The van der Waals surface area contributed by atoms with E-state index in [1.165, 1.54) is 0 Å². The van der Waals surface area contributed by atoms with Crippen LogP contribution in [-0.4, -0.2) is 33.6 Å². The number of ether oxygens (including phenoxy) is 1. The van der Waals surface area contributed by atoms with Gasteiger partial charge in [-0.05, 0) is 13.8 Å². The minimum absolute atomic E-state index is 0.0926. The number of thioether (sulfide) groups is 1. The van der Waals surface area contributed by atoms with Crippen LogP contribution in [0.3, 0.4) is 0 Å². The van der Waals surface area contributed by atoms with Crippen molar-refractivity contribution in [3.8, 4) is 0 Å². The summed E-state index contributed by atoms with van der Waals surface area (Å²) < 4.78 is 10.1. The Labute approximate surface area is 91.0 Å². The minimum Gasteiger partial charge on any atom is -0.481 e. The highest BCUT2D eigenvalue weighted by molar-refractivity contribution is 7.99. The van der Waals surface area contributed by atoms with Crippen LogP contribution >= 0.6 is 11.8 Å². The van der Waals surface area contributed by atoms with E-state index in [0.29, 0.717) is 12.4 Å². The van der Waals surface area contributed by atoms with Gasteiger partial charge < -0.3 is 14.4 Å². The van der Waals surface area contributed by atoms with Crippen LogP contribution in [-0.2, 0) is 9.53 Å². The maximum absolute atomic E-state index is 10.3. The van der Waals surface area contributed by atoms with Gasteiger partial charge >= 0.3 is 5.97 Å². The Bertz CT molecular complexity index is 328. The molecule has 1 unspecified atom stereocenters. The van der Waals surface area contributed by atoms with E-state index in [1.54, 1.807) is 6.92 Å². The van der Waals surface area contributed by atoms with Crippen molar-refractivity contribution < 1.29 is 19.2 Å². The molecule has 1 N–H and O–H groups in total. The van der Waals surface area contributed by atoms with Crippen LogP contribution in [0.2, 0.25) is 0 Å². The lowest BCUT2D eigenvalue weighted by molar-refractivity contribution is -0.133. The Morgan fingerprint density at radius 2 is 2.47 bits per heavy atom. The van der Waals surface area contributed by atoms with Crippen molar-refractivity contribution in [1.82, 2.24) is 10.1 Å². The van der Waals surface area contributed by atoms with Crippen molar-refractivity contribution >= 4 is 17.7 Å². The average Bonchev–Trinajstić information content (AvgIpc) is 2.63. The zero-order valence-corrected chi connectivity index (χ0v) is 9.28. The number of carboxylic acids is 1. The lowest BCUT2D eigenvalue weighted by Gasteiger charge is -2.04. The van der Waals surface area contributed by atoms with Crippen molar-refractivity contribution in [1.29, 1.82) is 0 Å². The largest absolute Gasteiger partial charge is 0.481 e. The quantitative estimate of drug-likeness (QED) is 0.741. The summed E-state index contributed by atoms with van der Waals surface area (Å²) in [6, 6.07) is 0. The molecule has 0 aromatic carbocycles. The molecule has 0 aliphatic rings. The summed E-state index contributed by atoms with van der Waals surface area (Å²) in [6.45, 7) is 4.24. The first-order valence-electron chi connectivity index (χ1n) is 4.43. The molecule has 0 bridgehead atoms. The summed E-state index contributed by atoms with van der Waals surface area (Å²) in [6.07, 6.45) is -0.238. The van der Waals surface area contributed by atoms with Gasteiger partial charge in [-0.1, -0.05) is 16.9 Å². The second-order valence-corrected chi connectivity index (χ2v) is 3.63. The van der Waals surface area contributed by atoms with E-state index in [4.69, 9.17) is 14.4 Å². The molecule has 1 heterocycles. The van der Waals surface area contributed by atoms with E-state index in [1.807, 2.05) is 6.92 Å². The highest BCUT2D eigenvalue weighted by Crippen LogP contribution is 2.19. The van der Waals surface area contributed by atoms with E-state index < -0.39 is 5.97 Å². The predicted octanol–water partition coefficient (Wildman–Crippen LogP) is 1.34. The van der Waals surface area contributed by atoms with Crippen LogP contribution in [0.25, 0.3) is 0 Å². The number of nitrogens with zero attached hydrogens (tertiary/aromatic N) is 2. The van der Waals surface area contributed by atoms with Crippen LogP contribution in [0, 0.1) is 0 Å². The van der Waals surface area contributed by atoms with Crippen molar-refractivity contribution in [2.45, 2.75) is 25.2 Å². The Morgan fingerprint density at radius 1 is 1.73 bits per heavy atom. The number of rotatable bonds is 6. The molecule has 1 aromatic heterocycles. The Hall–Kier alpha value is -1.08. The Kier molecular flexibility index (Phi) is 4.57. The molecule has 84 valence electrons. The molecule has 0 radical (unpaired) electrons. The highest BCUT2D eigenvalue weighted by atomic mass is 32.2. The van der Waals surface area contributed by atoms with E-state index >= 15 is 0 Å². The van der Waals surface area contributed by atoms with Gasteiger partial charge in [0.15, 0.2) is 0 Å². The first-order chi connectivity index (χ1) is 7.13. The van der Waals surface area contributed by atoms with Crippen LogP contribution in [0.1, 0.15) is 25.8 Å². The number of aromatic nitrogens is 2. The molecule has 15 heavy (non-hydrogen) atoms. The van der Waals surface area contributed by atoms with Crippen molar-refractivity contribution in [3.63, 3.8) is 0 Å². The van der Waals surface area contributed by atoms with Gasteiger partial charge in [0.25, 0.3) is 5.22 Å². The molecule has 0 aliphatic carbocycles. The van der Waals surface area contributed by atoms with E-state index in [-0.39, 0.29) is 17.1 Å². The molecule has 1 atom stereocenters. The van der Waals surface area contributed by atoms with Crippen LogP contribution in [0.15, 0.2) is 9.75 Å². The second kappa shape index (κ2) is 5.72. The molecule has 7 heteroatoms. The van der Waals surface area contributed by atoms with Crippen molar-refractivity contribution in [2.75, 3.05) is 12.4 Å². The topological polar surface area (TPSA) is 85.5 Å². The van der Waals surface area contributed by atoms with E-state index in [0.717, 1.165) is 11.8 Å². The molecular weight excluding hydrogens is 220 g/mol. The molecule has 0 amide bonds. The fourth-order valence-electron chi connectivity index (χ4n) is 0.892. The van der Waals surface area contributed by atoms with Gasteiger partial charge in [-0.25, -0.2) is 0 Å². The predicted molar refractivity (Wildman–Crippen MR) is 52.7 cm³/mol. The molecular formula is C8H12N2O4S. The number of carbonyl (C=O) groups is 1. The standard InChI is InChI=1S/C8H12N2O4S/c1-3-13-5(2)7-9-8(14-10-7)15-4-6(11)12/h5H,3-4H2,1-2H3,(H,11,12). The average molecular weight is 232 g/mol. The third kappa shape index (κ3) is 3.88. The minimum atomic E-state index is -0.919. The molecule has 0 saturated heterocycles. The molecule has 0 aliphatic heterocycles. The molecule has 0 saturated carbocycles. The zero-order chi connectivity index (χ0) is 11.3. The van der Waals surface area contributed by atoms with Crippen LogP contribution in [0.5, 0.6) is 0 Å².